The van der Waals surface area contributed by atoms with E-state index in [0.29, 0.717) is 20.9 Å². The third-order valence-electron chi connectivity index (χ3n) is 6.11. The molecule has 0 spiro atoms. The van der Waals surface area contributed by atoms with Crippen molar-refractivity contribution in [2.45, 2.75) is 51.2 Å². The predicted octanol–water partition coefficient (Wildman–Crippen LogP) is 7.87. The first kappa shape index (κ1) is 25.7. The van der Waals surface area contributed by atoms with Crippen LogP contribution < -0.4 is 5.32 Å². The first-order chi connectivity index (χ1) is 17.3. The molecule has 0 bridgehead atoms. The van der Waals surface area contributed by atoms with Crippen molar-refractivity contribution in [3.8, 4) is 22.6 Å². The molecule has 11 heteroatoms. The zero-order chi connectivity index (χ0) is 25.4. The van der Waals surface area contributed by atoms with E-state index in [1.54, 1.807) is 12.1 Å². The zero-order valence-corrected chi connectivity index (χ0v) is 24.0. The molecule has 5 rings (SSSR count). The number of hydrogen-bond acceptors (Lipinski definition) is 7. The molecule has 0 radical (unpaired) electrons. The summed E-state index contributed by atoms with van der Waals surface area (Å²) in [6.45, 7) is 6.56. The van der Waals surface area contributed by atoms with Crippen LogP contribution in [0.15, 0.2) is 34.1 Å². The highest BCUT2D eigenvalue weighted by Gasteiger charge is 2.25. The maximum absolute atomic E-state index is 12.7. The molecule has 1 aliphatic rings. The average molecular weight is 579 g/mol. The van der Waals surface area contributed by atoms with Crippen molar-refractivity contribution in [2.24, 2.45) is 5.92 Å². The Morgan fingerprint density at radius 2 is 2.06 bits per heavy atom. The van der Waals surface area contributed by atoms with Crippen LogP contribution in [0.25, 0.3) is 22.6 Å². The lowest BCUT2D eigenvalue weighted by Crippen LogP contribution is -2.15. The molecule has 0 fully saturated rings. The first-order valence-electron chi connectivity index (χ1n) is 11.7. The van der Waals surface area contributed by atoms with Crippen molar-refractivity contribution in [1.82, 2.24) is 19.7 Å². The van der Waals surface area contributed by atoms with Gasteiger partial charge in [-0.05, 0) is 62.8 Å². The summed E-state index contributed by atoms with van der Waals surface area (Å²) in [6.07, 6.45) is 3.43. The fourth-order valence-corrected chi connectivity index (χ4v) is 7.67. The van der Waals surface area contributed by atoms with Gasteiger partial charge in [-0.15, -0.1) is 32.9 Å². The molecule has 36 heavy (non-hydrogen) atoms. The van der Waals surface area contributed by atoms with Gasteiger partial charge in [0.05, 0.1) is 16.5 Å². The molecule has 188 valence electrons. The summed E-state index contributed by atoms with van der Waals surface area (Å²) in [5.74, 6) is 1.68. The van der Waals surface area contributed by atoms with Crippen LogP contribution in [0.3, 0.4) is 0 Å². The molecule has 1 atom stereocenters. The summed E-state index contributed by atoms with van der Waals surface area (Å²) < 4.78 is 2.14. The SMILES string of the molecule is CC1CCc2c(-c3nnc(SCC(=O)Nc4nc(-c5ccc(Cl)cc5Cl)cs4)n3C(C)C)csc2C1. The van der Waals surface area contributed by atoms with E-state index in [4.69, 9.17) is 23.2 Å². The van der Waals surface area contributed by atoms with Gasteiger partial charge in [-0.25, -0.2) is 4.98 Å². The fraction of sp³-hybridized carbons (Fsp3) is 0.360. The summed E-state index contributed by atoms with van der Waals surface area (Å²) in [6, 6.07) is 5.44. The number of nitrogens with zero attached hydrogens (tertiary/aromatic N) is 4. The molecule has 0 saturated carbocycles. The minimum atomic E-state index is -0.148. The Labute approximate surface area is 232 Å². The van der Waals surface area contributed by atoms with Gasteiger partial charge in [-0.3, -0.25) is 9.36 Å². The molecule has 0 aliphatic heterocycles. The summed E-state index contributed by atoms with van der Waals surface area (Å²) in [4.78, 5) is 18.7. The van der Waals surface area contributed by atoms with E-state index in [0.717, 1.165) is 35.3 Å². The van der Waals surface area contributed by atoms with Crippen LogP contribution in [0.1, 0.15) is 43.7 Å². The van der Waals surface area contributed by atoms with Crippen molar-refractivity contribution in [1.29, 1.82) is 0 Å². The minimum absolute atomic E-state index is 0.148. The van der Waals surface area contributed by atoms with Crippen LogP contribution in [-0.4, -0.2) is 31.4 Å². The van der Waals surface area contributed by atoms with Crippen molar-refractivity contribution >= 4 is 68.7 Å². The van der Waals surface area contributed by atoms with Crippen LogP contribution in [0.2, 0.25) is 10.0 Å². The molecular weight excluding hydrogens is 553 g/mol. The standard InChI is InChI=1S/C25H25Cl2N5OS3/c1-13(2)32-23(18-10-34-21-8-14(3)4-6-16(18)21)30-31-25(32)36-12-22(33)29-24-28-20(11-35-24)17-7-5-15(26)9-19(17)27/h5,7,9-11,13-14H,4,6,8,12H2,1-3H3,(H,28,29,33). The number of carbonyl (C=O) groups excluding carboxylic acids is 1. The van der Waals surface area contributed by atoms with E-state index in [1.165, 1.54) is 45.5 Å². The Morgan fingerprint density at radius 3 is 2.83 bits per heavy atom. The Bertz CT molecular complexity index is 1410. The summed E-state index contributed by atoms with van der Waals surface area (Å²) in [5.41, 5.74) is 4.08. The Morgan fingerprint density at radius 1 is 1.22 bits per heavy atom. The highest BCUT2D eigenvalue weighted by atomic mass is 35.5. The molecule has 3 aromatic heterocycles. The summed E-state index contributed by atoms with van der Waals surface area (Å²) >= 11 is 16.9. The average Bonchev–Trinajstić information content (AvgIpc) is 3.55. The number of halogens is 2. The molecule has 6 nitrogen and oxygen atoms in total. The van der Waals surface area contributed by atoms with E-state index in [9.17, 15) is 4.79 Å². The van der Waals surface area contributed by atoms with Gasteiger partial charge in [-0.2, -0.15) is 0 Å². The first-order valence-corrected chi connectivity index (χ1v) is 15.2. The number of nitrogens with one attached hydrogen (secondary N) is 1. The number of amides is 1. The normalized spacial score (nSPS) is 15.3. The van der Waals surface area contributed by atoms with Gasteiger partial charge in [0.2, 0.25) is 5.91 Å². The molecule has 1 unspecified atom stereocenters. The third-order valence-corrected chi connectivity index (χ3v) is 9.41. The number of benzene rings is 1. The number of rotatable bonds is 7. The Kier molecular flexibility index (Phi) is 7.74. The van der Waals surface area contributed by atoms with Crippen molar-refractivity contribution in [3.63, 3.8) is 0 Å². The van der Waals surface area contributed by atoms with Crippen molar-refractivity contribution < 1.29 is 4.79 Å². The highest BCUT2D eigenvalue weighted by Crippen LogP contribution is 2.39. The number of fused-ring (bicyclic) bond motifs is 1. The lowest BCUT2D eigenvalue weighted by molar-refractivity contribution is -0.113. The fourth-order valence-electron chi connectivity index (χ4n) is 4.33. The van der Waals surface area contributed by atoms with Crippen LogP contribution in [0, 0.1) is 5.92 Å². The Hall–Kier alpha value is -1.91. The van der Waals surface area contributed by atoms with Gasteiger partial charge < -0.3 is 5.32 Å². The molecule has 4 aromatic rings. The number of thiazole rings is 1. The van der Waals surface area contributed by atoms with Gasteiger partial charge in [-0.1, -0.05) is 41.9 Å². The lowest BCUT2D eigenvalue weighted by atomic mass is 9.88. The number of thioether (sulfide) groups is 1. The monoisotopic (exact) mass is 577 g/mol. The van der Waals surface area contributed by atoms with Gasteiger partial charge in [0.15, 0.2) is 16.1 Å². The molecule has 1 N–H and O–H groups in total. The van der Waals surface area contributed by atoms with Gasteiger partial charge in [0.25, 0.3) is 0 Å². The number of thiophene rings is 1. The van der Waals surface area contributed by atoms with Crippen molar-refractivity contribution in [3.05, 3.63) is 49.4 Å². The summed E-state index contributed by atoms with van der Waals surface area (Å²) in [7, 11) is 0. The quantitative estimate of drug-likeness (QED) is 0.226. The van der Waals surface area contributed by atoms with Gasteiger partial charge in [0, 0.05) is 37.8 Å². The Balaban J connectivity index is 1.28. The van der Waals surface area contributed by atoms with Crippen LogP contribution >= 0.6 is 57.6 Å². The minimum Gasteiger partial charge on any atom is -0.301 e. The number of hydrogen-bond donors (Lipinski definition) is 1. The molecule has 1 amide bonds. The topological polar surface area (TPSA) is 72.7 Å². The van der Waals surface area contributed by atoms with Gasteiger partial charge in [0.1, 0.15) is 0 Å². The molecule has 0 saturated heterocycles. The lowest BCUT2D eigenvalue weighted by Gasteiger charge is -2.19. The predicted molar refractivity (Wildman–Crippen MR) is 152 cm³/mol. The second-order valence-electron chi connectivity index (χ2n) is 9.17. The maximum atomic E-state index is 12.7. The van der Waals surface area contributed by atoms with E-state index >= 15 is 0 Å². The van der Waals surface area contributed by atoms with E-state index in [-0.39, 0.29) is 17.7 Å². The highest BCUT2D eigenvalue weighted by molar-refractivity contribution is 7.99. The van der Waals surface area contributed by atoms with Crippen molar-refractivity contribution in [2.75, 3.05) is 11.1 Å². The van der Waals surface area contributed by atoms with Crippen LogP contribution in [-0.2, 0) is 17.6 Å². The maximum Gasteiger partial charge on any atom is 0.236 e. The largest absolute Gasteiger partial charge is 0.301 e. The number of anilines is 1. The smallest absolute Gasteiger partial charge is 0.236 e. The number of aromatic nitrogens is 4. The second kappa shape index (κ2) is 10.8. The number of carbonyl (C=O) groups is 1. The van der Waals surface area contributed by atoms with E-state index in [1.807, 2.05) is 22.8 Å². The molecule has 1 aromatic carbocycles. The summed E-state index contributed by atoms with van der Waals surface area (Å²) in [5, 5.41) is 18.3. The van der Waals surface area contributed by atoms with Crippen LogP contribution in [0.5, 0.6) is 0 Å². The van der Waals surface area contributed by atoms with Gasteiger partial charge >= 0.3 is 0 Å². The second-order valence-corrected chi connectivity index (χ2v) is 12.8. The third kappa shape index (κ3) is 5.36. The van der Waals surface area contributed by atoms with E-state index < -0.39 is 0 Å². The molecule has 1 aliphatic carbocycles. The van der Waals surface area contributed by atoms with Crippen LogP contribution in [0.4, 0.5) is 5.13 Å². The molecule has 3 heterocycles. The van der Waals surface area contributed by atoms with E-state index in [2.05, 4.69) is 51.2 Å². The zero-order valence-electron chi connectivity index (χ0n) is 20.0. The molecular formula is C25H25Cl2N5OS3.